The maximum absolute atomic E-state index is 14.2. The van der Waals surface area contributed by atoms with Crippen molar-refractivity contribution >= 4 is 23.6 Å². The molecule has 2 aromatic rings. The Hall–Kier alpha value is -3.72. The van der Waals surface area contributed by atoms with E-state index in [9.17, 15) is 19.2 Å². The first-order valence-corrected chi connectivity index (χ1v) is 14.8. The maximum Gasteiger partial charge on any atom is 0.246 e. The van der Waals surface area contributed by atoms with Crippen molar-refractivity contribution in [2.45, 2.75) is 82.6 Å². The quantitative estimate of drug-likeness (QED) is 0.336. The van der Waals surface area contributed by atoms with E-state index < -0.39 is 18.1 Å². The number of carbonyl (C=O) groups is 4. The molecular weight excluding hydrogens is 518 g/mol. The van der Waals surface area contributed by atoms with Gasteiger partial charge in [0.05, 0.1) is 12.1 Å². The highest BCUT2D eigenvalue weighted by Crippen LogP contribution is 2.35. The standard InChI is InChI=1S/C32H43N5O4/c1-4-26(33-3)30(39)36-29-24(19-20-34-21(2)38)15-16-25-17-18-27(37(25)32(29)41)31(40)35-28(22-11-7-5-8-12-22)23-13-9-6-10-14-23/h5-14,24-29,33H,4,15-20H2,1-3H3,(H,34,38)(H,35,40)(H,36,39)/t24-,25+,26+,27+,29+/m1/s1. The fourth-order valence-corrected chi connectivity index (χ4v) is 6.28. The number of benzene rings is 2. The van der Waals surface area contributed by atoms with E-state index in [0.717, 1.165) is 30.4 Å². The van der Waals surface area contributed by atoms with Gasteiger partial charge in [0.25, 0.3) is 0 Å². The van der Waals surface area contributed by atoms with Gasteiger partial charge in [-0.3, -0.25) is 19.2 Å². The summed E-state index contributed by atoms with van der Waals surface area (Å²) in [7, 11) is 1.73. The predicted molar refractivity (Wildman–Crippen MR) is 158 cm³/mol. The van der Waals surface area contributed by atoms with Crippen LogP contribution in [0.15, 0.2) is 60.7 Å². The van der Waals surface area contributed by atoms with Crippen molar-refractivity contribution in [1.29, 1.82) is 0 Å². The van der Waals surface area contributed by atoms with Crippen LogP contribution >= 0.6 is 0 Å². The van der Waals surface area contributed by atoms with Crippen LogP contribution in [0.5, 0.6) is 0 Å². The fourth-order valence-electron chi connectivity index (χ4n) is 6.28. The number of nitrogens with zero attached hydrogens (tertiary/aromatic N) is 1. The topological polar surface area (TPSA) is 120 Å². The second-order valence-electron chi connectivity index (χ2n) is 11.1. The molecule has 0 radical (unpaired) electrons. The summed E-state index contributed by atoms with van der Waals surface area (Å²) in [5.41, 5.74) is 1.93. The van der Waals surface area contributed by atoms with Crippen LogP contribution in [0.2, 0.25) is 0 Å². The molecule has 2 saturated heterocycles. The van der Waals surface area contributed by atoms with Gasteiger partial charge >= 0.3 is 0 Å². The molecule has 0 unspecified atom stereocenters. The van der Waals surface area contributed by atoms with Crippen LogP contribution in [0.3, 0.4) is 0 Å². The summed E-state index contributed by atoms with van der Waals surface area (Å²) in [6.45, 7) is 3.80. The molecule has 0 aromatic heterocycles. The molecule has 2 aliphatic heterocycles. The van der Waals surface area contributed by atoms with Crippen LogP contribution < -0.4 is 21.3 Å². The summed E-state index contributed by atoms with van der Waals surface area (Å²) in [6, 6.07) is 17.4. The van der Waals surface area contributed by atoms with Crippen LogP contribution in [-0.2, 0) is 19.2 Å². The lowest BCUT2D eigenvalue weighted by atomic mass is 9.90. The summed E-state index contributed by atoms with van der Waals surface area (Å²) in [6.07, 6.45) is 3.92. The molecule has 0 saturated carbocycles. The van der Waals surface area contributed by atoms with Crippen molar-refractivity contribution in [2.24, 2.45) is 5.92 Å². The number of fused-ring (bicyclic) bond motifs is 1. The lowest BCUT2D eigenvalue weighted by molar-refractivity contribution is -0.144. The minimum Gasteiger partial charge on any atom is -0.356 e. The average Bonchev–Trinajstić information content (AvgIpc) is 3.36. The lowest BCUT2D eigenvalue weighted by Crippen LogP contribution is -2.58. The molecule has 9 nitrogen and oxygen atoms in total. The zero-order chi connectivity index (χ0) is 29.4. The summed E-state index contributed by atoms with van der Waals surface area (Å²) in [5.74, 6) is -0.918. The normalized spacial score (nSPS) is 22.9. The SMILES string of the molecule is CC[C@H](NC)C(=O)N[C@@H]1C(=O)N2[C@@H](CC[C@@H]1CCNC(C)=O)CC[C@H]2C(=O)NC(c1ccccc1)c1ccccc1. The number of hydrogen-bond acceptors (Lipinski definition) is 5. The Morgan fingerprint density at radius 3 is 2.10 bits per heavy atom. The molecule has 2 aromatic carbocycles. The Bertz CT molecular complexity index is 1150. The highest BCUT2D eigenvalue weighted by atomic mass is 16.2. The van der Waals surface area contributed by atoms with Gasteiger partial charge in [-0.15, -0.1) is 0 Å². The van der Waals surface area contributed by atoms with Gasteiger partial charge in [0.15, 0.2) is 0 Å². The van der Waals surface area contributed by atoms with E-state index in [-0.39, 0.29) is 41.6 Å². The van der Waals surface area contributed by atoms with Crippen LogP contribution in [0.1, 0.15) is 69.5 Å². The zero-order valence-electron chi connectivity index (χ0n) is 24.3. The molecule has 2 fully saturated rings. The van der Waals surface area contributed by atoms with E-state index in [2.05, 4.69) is 21.3 Å². The Labute approximate surface area is 242 Å². The van der Waals surface area contributed by atoms with Crippen molar-refractivity contribution in [3.63, 3.8) is 0 Å². The second kappa shape index (κ2) is 14.3. The summed E-state index contributed by atoms with van der Waals surface area (Å²) in [4.78, 5) is 54.5. The number of hydrogen-bond donors (Lipinski definition) is 4. The predicted octanol–water partition coefficient (Wildman–Crippen LogP) is 2.67. The Balaban J connectivity index is 1.58. The number of rotatable bonds is 11. The number of amides is 4. The van der Waals surface area contributed by atoms with Crippen molar-refractivity contribution in [2.75, 3.05) is 13.6 Å². The highest BCUT2D eigenvalue weighted by molar-refractivity contribution is 5.94. The van der Waals surface area contributed by atoms with Crippen molar-refractivity contribution < 1.29 is 19.2 Å². The molecule has 2 heterocycles. The van der Waals surface area contributed by atoms with E-state index in [1.54, 1.807) is 11.9 Å². The van der Waals surface area contributed by atoms with Crippen molar-refractivity contribution in [3.05, 3.63) is 71.8 Å². The van der Waals surface area contributed by atoms with Gasteiger partial charge in [0.2, 0.25) is 23.6 Å². The number of nitrogens with one attached hydrogen (secondary N) is 4. The van der Waals surface area contributed by atoms with E-state index >= 15 is 0 Å². The molecule has 220 valence electrons. The van der Waals surface area contributed by atoms with Crippen LogP contribution in [0.25, 0.3) is 0 Å². The highest BCUT2D eigenvalue weighted by Gasteiger charge is 2.47. The summed E-state index contributed by atoms with van der Waals surface area (Å²) >= 11 is 0. The summed E-state index contributed by atoms with van der Waals surface area (Å²) < 4.78 is 0. The Kier molecular flexibility index (Phi) is 10.5. The van der Waals surface area contributed by atoms with Gasteiger partial charge in [-0.25, -0.2) is 0 Å². The first-order valence-electron chi connectivity index (χ1n) is 14.8. The second-order valence-corrected chi connectivity index (χ2v) is 11.1. The first kappa shape index (κ1) is 30.2. The smallest absolute Gasteiger partial charge is 0.246 e. The molecule has 9 heteroatoms. The van der Waals surface area contributed by atoms with E-state index in [4.69, 9.17) is 0 Å². The van der Waals surface area contributed by atoms with Gasteiger partial charge in [-0.05, 0) is 62.6 Å². The van der Waals surface area contributed by atoms with Gasteiger partial charge < -0.3 is 26.2 Å². The number of likely N-dealkylation sites (N-methyl/N-ethyl adjacent to an activating group) is 1. The third kappa shape index (κ3) is 7.33. The lowest BCUT2D eigenvalue weighted by Gasteiger charge is -2.33. The average molecular weight is 562 g/mol. The Morgan fingerprint density at radius 2 is 1.54 bits per heavy atom. The van der Waals surface area contributed by atoms with Gasteiger partial charge in [-0.1, -0.05) is 67.6 Å². The minimum absolute atomic E-state index is 0.0680. The molecule has 5 atom stereocenters. The van der Waals surface area contributed by atoms with E-state index in [1.165, 1.54) is 6.92 Å². The van der Waals surface area contributed by atoms with E-state index in [1.807, 2.05) is 67.6 Å². The maximum atomic E-state index is 14.2. The van der Waals surface area contributed by atoms with E-state index in [0.29, 0.717) is 25.8 Å². The Morgan fingerprint density at radius 1 is 0.927 bits per heavy atom. The molecule has 41 heavy (non-hydrogen) atoms. The fraction of sp³-hybridized carbons (Fsp3) is 0.500. The first-order chi connectivity index (χ1) is 19.8. The molecule has 0 spiro atoms. The van der Waals surface area contributed by atoms with Crippen LogP contribution in [0.4, 0.5) is 0 Å². The molecule has 0 aliphatic carbocycles. The third-order valence-corrected chi connectivity index (χ3v) is 8.48. The molecule has 0 bridgehead atoms. The minimum atomic E-state index is -0.767. The molecule has 2 aliphatic rings. The van der Waals surface area contributed by atoms with Crippen LogP contribution in [0, 0.1) is 5.92 Å². The third-order valence-electron chi connectivity index (χ3n) is 8.48. The number of carbonyl (C=O) groups excluding carboxylic acids is 4. The van der Waals surface area contributed by atoms with Gasteiger partial charge in [0.1, 0.15) is 12.1 Å². The zero-order valence-corrected chi connectivity index (χ0v) is 24.3. The summed E-state index contributed by atoms with van der Waals surface area (Å²) in [5, 5.41) is 12.1. The van der Waals surface area contributed by atoms with Crippen LogP contribution in [-0.4, -0.2) is 66.3 Å². The molecular formula is C32H43N5O4. The molecule has 4 amide bonds. The molecule has 4 rings (SSSR count). The van der Waals surface area contributed by atoms with Crippen molar-refractivity contribution in [1.82, 2.24) is 26.2 Å². The molecule has 4 N–H and O–H groups in total. The monoisotopic (exact) mass is 561 g/mol. The largest absolute Gasteiger partial charge is 0.356 e. The van der Waals surface area contributed by atoms with Gasteiger partial charge in [-0.2, -0.15) is 0 Å². The van der Waals surface area contributed by atoms with Gasteiger partial charge in [0, 0.05) is 19.5 Å². The van der Waals surface area contributed by atoms with Crippen molar-refractivity contribution in [3.8, 4) is 0 Å².